The molecule has 0 saturated carbocycles. The van der Waals surface area contributed by atoms with E-state index in [0.29, 0.717) is 23.4 Å². The van der Waals surface area contributed by atoms with Gasteiger partial charge in [-0.05, 0) is 53.9 Å². The van der Waals surface area contributed by atoms with Gasteiger partial charge in [-0.15, -0.1) is 0 Å². The normalized spacial score (nSPS) is 13.1. The summed E-state index contributed by atoms with van der Waals surface area (Å²) in [6.07, 6.45) is 0.831. The summed E-state index contributed by atoms with van der Waals surface area (Å²) in [5, 5.41) is 11.7. The van der Waals surface area contributed by atoms with Crippen LogP contribution >= 0.6 is 0 Å². The average Bonchev–Trinajstić information content (AvgIpc) is 2.66. The SMILES string of the molecule is CC(C)C(=O)N1CCc2ccc(NC(=O)c3ccc(C#N)cc3)cc2C1. The van der Waals surface area contributed by atoms with E-state index < -0.39 is 0 Å². The molecular formula is C21H21N3O2. The molecule has 0 atom stereocenters. The molecule has 0 aliphatic carbocycles. The molecule has 2 aromatic carbocycles. The summed E-state index contributed by atoms with van der Waals surface area (Å²) in [6, 6.07) is 14.4. The number of hydrogen-bond donors (Lipinski definition) is 1. The van der Waals surface area contributed by atoms with E-state index in [1.807, 2.05) is 43.0 Å². The first-order valence-corrected chi connectivity index (χ1v) is 8.70. The summed E-state index contributed by atoms with van der Waals surface area (Å²) >= 11 is 0. The number of benzene rings is 2. The van der Waals surface area contributed by atoms with Crippen LogP contribution in [0.25, 0.3) is 0 Å². The lowest BCUT2D eigenvalue weighted by molar-refractivity contribution is -0.135. The molecule has 0 spiro atoms. The van der Waals surface area contributed by atoms with Crippen LogP contribution in [0, 0.1) is 17.2 Å². The number of carbonyl (C=O) groups excluding carboxylic acids is 2. The lowest BCUT2D eigenvalue weighted by Crippen LogP contribution is -2.38. The molecule has 132 valence electrons. The first-order valence-electron chi connectivity index (χ1n) is 8.70. The summed E-state index contributed by atoms with van der Waals surface area (Å²) in [5.74, 6) is -0.0844. The Bertz CT molecular complexity index is 879. The van der Waals surface area contributed by atoms with Gasteiger partial charge in [0.25, 0.3) is 5.91 Å². The van der Waals surface area contributed by atoms with Crippen LogP contribution in [-0.2, 0) is 17.8 Å². The number of hydrogen-bond acceptors (Lipinski definition) is 3. The van der Waals surface area contributed by atoms with Crippen molar-refractivity contribution in [2.24, 2.45) is 5.92 Å². The first-order chi connectivity index (χ1) is 12.5. The maximum absolute atomic E-state index is 12.4. The maximum atomic E-state index is 12.4. The summed E-state index contributed by atoms with van der Waals surface area (Å²) < 4.78 is 0. The van der Waals surface area contributed by atoms with Crippen LogP contribution in [0.2, 0.25) is 0 Å². The Morgan fingerprint density at radius 1 is 1.12 bits per heavy atom. The number of carbonyl (C=O) groups is 2. The van der Waals surface area contributed by atoms with Crippen molar-refractivity contribution in [3.8, 4) is 6.07 Å². The van der Waals surface area contributed by atoms with Crippen LogP contribution in [0.5, 0.6) is 0 Å². The Balaban J connectivity index is 1.74. The predicted molar refractivity (Wildman–Crippen MR) is 99.5 cm³/mol. The minimum absolute atomic E-state index is 0.0178. The van der Waals surface area contributed by atoms with E-state index in [9.17, 15) is 9.59 Å². The number of nitriles is 1. The Hall–Kier alpha value is -3.13. The third-order valence-corrected chi connectivity index (χ3v) is 4.56. The molecule has 0 fully saturated rings. The fraction of sp³-hybridized carbons (Fsp3) is 0.286. The Morgan fingerprint density at radius 3 is 2.50 bits per heavy atom. The zero-order valence-electron chi connectivity index (χ0n) is 15.0. The van der Waals surface area contributed by atoms with Gasteiger partial charge in [-0.2, -0.15) is 5.26 Å². The van der Waals surface area contributed by atoms with Gasteiger partial charge < -0.3 is 10.2 Å². The lowest BCUT2D eigenvalue weighted by Gasteiger charge is -2.30. The van der Waals surface area contributed by atoms with E-state index in [1.165, 1.54) is 5.56 Å². The number of nitrogens with one attached hydrogen (secondary N) is 1. The highest BCUT2D eigenvalue weighted by atomic mass is 16.2. The second-order valence-corrected chi connectivity index (χ2v) is 6.79. The van der Waals surface area contributed by atoms with Crippen LogP contribution in [0.15, 0.2) is 42.5 Å². The quantitative estimate of drug-likeness (QED) is 0.925. The van der Waals surface area contributed by atoms with Gasteiger partial charge in [0.2, 0.25) is 5.91 Å². The van der Waals surface area contributed by atoms with Crippen molar-refractivity contribution in [2.75, 3.05) is 11.9 Å². The lowest BCUT2D eigenvalue weighted by atomic mass is 9.98. The molecule has 2 amide bonds. The number of amides is 2. The van der Waals surface area contributed by atoms with E-state index in [2.05, 4.69) is 5.32 Å². The van der Waals surface area contributed by atoms with E-state index in [0.717, 1.165) is 18.5 Å². The largest absolute Gasteiger partial charge is 0.338 e. The molecule has 5 nitrogen and oxygen atoms in total. The molecule has 1 heterocycles. The van der Waals surface area contributed by atoms with Crippen LogP contribution in [-0.4, -0.2) is 23.3 Å². The molecule has 1 aliphatic rings. The second-order valence-electron chi connectivity index (χ2n) is 6.79. The number of nitrogens with zero attached hydrogens (tertiary/aromatic N) is 2. The molecule has 0 aromatic heterocycles. The van der Waals surface area contributed by atoms with E-state index >= 15 is 0 Å². The minimum atomic E-state index is -0.222. The smallest absolute Gasteiger partial charge is 0.255 e. The zero-order chi connectivity index (χ0) is 18.7. The van der Waals surface area contributed by atoms with Crippen molar-refractivity contribution < 1.29 is 9.59 Å². The summed E-state index contributed by atoms with van der Waals surface area (Å²) in [6.45, 7) is 5.13. The summed E-state index contributed by atoms with van der Waals surface area (Å²) in [7, 11) is 0. The predicted octanol–water partition coefficient (Wildman–Crippen LogP) is 3.35. The van der Waals surface area contributed by atoms with Crippen molar-refractivity contribution in [3.63, 3.8) is 0 Å². The monoisotopic (exact) mass is 347 g/mol. The first kappa shape index (κ1) is 17.7. The standard InChI is InChI=1S/C21H21N3O2/c1-14(2)21(26)24-10-9-16-7-8-19(11-18(16)13-24)23-20(25)17-5-3-15(12-22)4-6-17/h3-8,11,14H,9-10,13H2,1-2H3,(H,23,25). The fourth-order valence-corrected chi connectivity index (χ4v) is 3.09. The van der Waals surface area contributed by atoms with Gasteiger partial charge >= 0.3 is 0 Å². The molecule has 2 aromatic rings. The summed E-state index contributed by atoms with van der Waals surface area (Å²) in [5.41, 5.74) is 4.01. The second kappa shape index (κ2) is 7.40. The Morgan fingerprint density at radius 2 is 1.85 bits per heavy atom. The van der Waals surface area contributed by atoms with Gasteiger partial charge in [0.05, 0.1) is 11.6 Å². The third kappa shape index (κ3) is 3.75. The molecule has 1 aliphatic heterocycles. The topological polar surface area (TPSA) is 73.2 Å². The molecular weight excluding hydrogens is 326 g/mol. The van der Waals surface area contributed by atoms with Gasteiger partial charge in [0.15, 0.2) is 0 Å². The van der Waals surface area contributed by atoms with Crippen LogP contribution in [0.4, 0.5) is 5.69 Å². The van der Waals surface area contributed by atoms with Crippen molar-refractivity contribution in [1.29, 1.82) is 5.26 Å². The molecule has 26 heavy (non-hydrogen) atoms. The molecule has 0 unspecified atom stereocenters. The molecule has 0 bridgehead atoms. The molecule has 5 heteroatoms. The van der Waals surface area contributed by atoms with Gasteiger partial charge in [0.1, 0.15) is 0 Å². The highest BCUT2D eigenvalue weighted by molar-refractivity contribution is 6.04. The summed E-state index contributed by atoms with van der Waals surface area (Å²) in [4.78, 5) is 26.5. The van der Waals surface area contributed by atoms with Crippen LogP contribution in [0.1, 0.15) is 40.9 Å². The van der Waals surface area contributed by atoms with Gasteiger partial charge in [-0.25, -0.2) is 0 Å². The van der Waals surface area contributed by atoms with E-state index in [-0.39, 0.29) is 17.7 Å². The maximum Gasteiger partial charge on any atom is 0.255 e. The van der Waals surface area contributed by atoms with Crippen molar-refractivity contribution in [2.45, 2.75) is 26.8 Å². The highest BCUT2D eigenvalue weighted by Gasteiger charge is 2.22. The third-order valence-electron chi connectivity index (χ3n) is 4.56. The minimum Gasteiger partial charge on any atom is -0.338 e. The Kier molecular flexibility index (Phi) is 5.04. The number of fused-ring (bicyclic) bond motifs is 1. The van der Waals surface area contributed by atoms with Gasteiger partial charge in [-0.1, -0.05) is 19.9 Å². The zero-order valence-corrected chi connectivity index (χ0v) is 15.0. The molecule has 1 N–H and O–H groups in total. The van der Waals surface area contributed by atoms with Crippen LogP contribution < -0.4 is 5.32 Å². The average molecular weight is 347 g/mol. The Labute approximate surface area is 153 Å². The van der Waals surface area contributed by atoms with E-state index in [4.69, 9.17) is 5.26 Å². The number of rotatable bonds is 3. The van der Waals surface area contributed by atoms with Gasteiger partial charge in [-0.3, -0.25) is 9.59 Å². The molecule has 3 rings (SSSR count). The highest BCUT2D eigenvalue weighted by Crippen LogP contribution is 2.24. The van der Waals surface area contributed by atoms with Crippen LogP contribution in [0.3, 0.4) is 0 Å². The van der Waals surface area contributed by atoms with Crippen molar-refractivity contribution in [3.05, 3.63) is 64.7 Å². The van der Waals surface area contributed by atoms with Crippen molar-refractivity contribution >= 4 is 17.5 Å². The van der Waals surface area contributed by atoms with Crippen molar-refractivity contribution in [1.82, 2.24) is 4.90 Å². The number of anilines is 1. The molecule has 0 saturated heterocycles. The van der Waals surface area contributed by atoms with E-state index in [1.54, 1.807) is 24.3 Å². The molecule has 0 radical (unpaired) electrons. The van der Waals surface area contributed by atoms with Gasteiger partial charge in [0, 0.05) is 30.3 Å². The fourth-order valence-electron chi connectivity index (χ4n) is 3.09.